The molecular formula is C12H15BrO3S. The van der Waals surface area contributed by atoms with E-state index < -0.39 is 5.97 Å². The zero-order valence-corrected chi connectivity index (χ0v) is 11.8. The minimum Gasteiger partial charge on any atom is -0.481 e. The Morgan fingerprint density at radius 3 is 2.71 bits per heavy atom. The Morgan fingerprint density at radius 2 is 2.18 bits per heavy atom. The number of hydrogen-bond acceptors (Lipinski definition) is 3. The highest BCUT2D eigenvalue weighted by Gasteiger charge is 2.26. The van der Waals surface area contributed by atoms with Gasteiger partial charge in [-0.15, -0.1) is 11.3 Å². The minimum absolute atomic E-state index is 0.161. The van der Waals surface area contributed by atoms with Crippen LogP contribution in [0.2, 0.25) is 0 Å². The van der Waals surface area contributed by atoms with Crippen LogP contribution in [0.1, 0.15) is 30.6 Å². The molecule has 1 heterocycles. The molecule has 0 amide bonds. The molecule has 0 unspecified atom stereocenters. The highest BCUT2D eigenvalue weighted by molar-refractivity contribution is 9.10. The third kappa shape index (κ3) is 3.79. The van der Waals surface area contributed by atoms with Crippen LogP contribution in [-0.4, -0.2) is 17.2 Å². The second kappa shape index (κ2) is 5.98. The third-order valence-electron chi connectivity index (χ3n) is 3.11. The van der Waals surface area contributed by atoms with Crippen LogP contribution in [0.15, 0.2) is 15.9 Å². The average molecular weight is 319 g/mol. The topological polar surface area (TPSA) is 46.5 Å². The van der Waals surface area contributed by atoms with Crippen molar-refractivity contribution in [3.05, 3.63) is 20.8 Å². The number of hydrogen-bond donors (Lipinski definition) is 1. The molecule has 0 saturated heterocycles. The molecule has 1 saturated carbocycles. The van der Waals surface area contributed by atoms with Crippen molar-refractivity contribution in [1.29, 1.82) is 0 Å². The van der Waals surface area contributed by atoms with Crippen LogP contribution in [0.25, 0.3) is 0 Å². The van der Waals surface area contributed by atoms with Gasteiger partial charge >= 0.3 is 5.97 Å². The first kappa shape index (κ1) is 13.1. The molecule has 0 spiro atoms. The Hall–Kier alpha value is -0.390. The van der Waals surface area contributed by atoms with E-state index in [9.17, 15) is 4.79 Å². The van der Waals surface area contributed by atoms with Gasteiger partial charge in [-0.1, -0.05) is 0 Å². The van der Waals surface area contributed by atoms with E-state index in [1.807, 2.05) is 5.38 Å². The van der Waals surface area contributed by atoms with Gasteiger partial charge in [-0.25, -0.2) is 0 Å². The van der Waals surface area contributed by atoms with Gasteiger partial charge in [0.25, 0.3) is 0 Å². The van der Waals surface area contributed by atoms with Crippen LogP contribution < -0.4 is 0 Å². The zero-order valence-electron chi connectivity index (χ0n) is 9.39. The van der Waals surface area contributed by atoms with E-state index in [-0.39, 0.29) is 12.0 Å². The SMILES string of the molecule is O=C(O)C1CCC(OCc2cc(Br)cs2)CC1. The number of carboxylic acids is 1. The van der Waals surface area contributed by atoms with E-state index in [4.69, 9.17) is 9.84 Å². The number of ether oxygens (including phenoxy) is 1. The highest BCUT2D eigenvalue weighted by atomic mass is 79.9. The van der Waals surface area contributed by atoms with Crippen molar-refractivity contribution in [2.75, 3.05) is 0 Å². The second-order valence-electron chi connectivity index (χ2n) is 4.35. The van der Waals surface area contributed by atoms with Gasteiger partial charge in [0.1, 0.15) is 0 Å². The molecule has 1 N–H and O–H groups in total. The predicted molar refractivity (Wildman–Crippen MR) is 70.2 cm³/mol. The summed E-state index contributed by atoms with van der Waals surface area (Å²) in [6.45, 7) is 0.638. The number of aliphatic carboxylic acids is 1. The Bertz CT molecular complexity index is 383. The van der Waals surface area contributed by atoms with Crippen molar-refractivity contribution in [2.45, 2.75) is 38.4 Å². The summed E-state index contributed by atoms with van der Waals surface area (Å²) in [7, 11) is 0. The average Bonchev–Trinajstić information content (AvgIpc) is 2.73. The number of carboxylic acid groups (broad SMARTS) is 1. The van der Waals surface area contributed by atoms with Crippen molar-refractivity contribution in [3.8, 4) is 0 Å². The van der Waals surface area contributed by atoms with Crippen molar-refractivity contribution < 1.29 is 14.6 Å². The molecule has 3 nitrogen and oxygen atoms in total. The molecule has 1 fully saturated rings. The standard InChI is InChI=1S/C12H15BrO3S/c13-9-5-11(17-7-9)6-16-10-3-1-8(2-4-10)12(14)15/h5,7-8,10H,1-4,6H2,(H,14,15). The molecule has 0 aliphatic heterocycles. The van der Waals surface area contributed by atoms with Crippen LogP contribution in [0, 0.1) is 5.92 Å². The fourth-order valence-electron chi connectivity index (χ4n) is 2.11. The first-order valence-corrected chi connectivity index (χ1v) is 7.39. The Kier molecular flexibility index (Phi) is 4.59. The molecule has 0 bridgehead atoms. The van der Waals surface area contributed by atoms with E-state index in [0.29, 0.717) is 6.61 Å². The summed E-state index contributed by atoms with van der Waals surface area (Å²) < 4.78 is 6.90. The van der Waals surface area contributed by atoms with E-state index >= 15 is 0 Å². The molecular weight excluding hydrogens is 304 g/mol. The molecule has 94 valence electrons. The van der Waals surface area contributed by atoms with E-state index in [1.54, 1.807) is 11.3 Å². The Labute approximate surface area is 113 Å². The van der Waals surface area contributed by atoms with Gasteiger partial charge in [0.2, 0.25) is 0 Å². The molecule has 0 atom stereocenters. The number of thiophene rings is 1. The maximum absolute atomic E-state index is 10.8. The van der Waals surface area contributed by atoms with Gasteiger partial charge in [0.15, 0.2) is 0 Å². The predicted octanol–water partition coefficient (Wildman–Crippen LogP) is 3.67. The molecule has 1 aromatic heterocycles. The van der Waals surface area contributed by atoms with Gasteiger partial charge in [-0.2, -0.15) is 0 Å². The maximum atomic E-state index is 10.8. The monoisotopic (exact) mass is 318 g/mol. The second-order valence-corrected chi connectivity index (χ2v) is 6.27. The molecule has 5 heteroatoms. The number of rotatable bonds is 4. The van der Waals surface area contributed by atoms with Crippen LogP contribution in [0.5, 0.6) is 0 Å². The molecule has 2 rings (SSSR count). The van der Waals surface area contributed by atoms with Crippen molar-refractivity contribution in [1.82, 2.24) is 0 Å². The largest absolute Gasteiger partial charge is 0.481 e. The summed E-state index contributed by atoms with van der Waals surface area (Å²) in [6.07, 6.45) is 3.45. The van der Waals surface area contributed by atoms with Crippen molar-refractivity contribution >= 4 is 33.2 Å². The van der Waals surface area contributed by atoms with Gasteiger partial charge in [0.05, 0.1) is 18.6 Å². The Morgan fingerprint density at radius 1 is 1.47 bits per heavy atom. The van der Waals surface area contributed by atoms with Crippen LogP contribution in [-0.2, 0) is 16.1 Å². The summed E-state index contributed by atoms with van der Waals surface area (Å²) in [5.41, 5.74) is 0. The lowest BCUT2D eigenvalue weighted by molar-refractivity contribution is -0.143. The molecule has 1 aliphatic carbocycles. The first-order valence-electron chi connectivity index (χ1n) is 5.72. The normalized spacial score (nSPS) is 24.8. The summed E-state index contributed by atoms with van der Waals surface area (Å²) in [4.78, 5) is 12.0. The Balaban J connectivity index is 1.73. The fraction of sp³-hybridized carbons (Fsp3) is 0.583. The summed E-state index contributed by atoms with van der Waals surface area (Å²) in [5.74, 6) is -0.823. The number of carbonyl (C=O) groups is 1. The fourth-order valence-corrected chi connectivity index (χ4v) is 3.48. The molecule has 0 radical (unpaired) electrons. The zero-order chi connectivity index (χ0) is 12.3. The molecule has 1 aromatic rings. The van der Waals surface area contributed by atoms with E-state index in [1.165, 1.54) is 4.88 Å². The summed E-state index contributed by atoms with van der Waals surface area (Å²) in [6, 6.07) is 2.06. The molecule has 1 aliphatic rings. The molecule has 0 aromatic carbocycles. The van der Waals surface area contributed by atoms with Gasteiger partial charge in [-0.3, -0.25) is 4.79 Å². The van der Waals surface area contributed by atoms with Gasteiger partial charge < -0.3 is 9.84 Å². The maximum Gasteiger partial charge on any atom is 0.306 e. The van der Waals surface area contributed by atoms with Crippen LogP contribution in [0.4, 0.5) is 0 Å². The quantitative estimate of drug-likeness (QED) is 0.921. The van der Waals surface area contributed by atoms with Crippen LogP contribution in [0.3, 0.4) is 0 Å². The first-order chi connectivity index (χ1) is 8.15. The number of halogens is 1. The highest BCUT2D eigenvalue weighted by Crippen LogP contribution is 2.28. The molecule has 17 heavy (non-hydrogen) atoms. The lowest BCUT2D eigenvalue weighted by atomic mass is 9.87. The van der Waals surface area contributed by atoms with Crippen LogP contribution >= 0.6 is 27.3 Å². The smallest absolute Gasteiger partial charge is 0.306 e. The van der Waals surface area contributed by atoms with E-state index in [0.717, 1.165) is 30.2 Å². The summed E-state index contributed by atoms with van der Waals surface area (Å²) >= 11 is 5.09. The third-order valence-corrected chi connectivity index (χ3v) is 4.78. The van der Waals surface area contributed by atoms with Gasteiger partial charge in [-0.05, 0) is 47.7 Å². The van der Waals surface area contributed by atoms with Crippen molar-refractivity contribution in [2.24, 2.45) is 5.92 Å². The van der Waals surface area contributed by atoms with E-state index in [2.05, 4.69) is 22.0 Å². The van der Waals surface area contributed by atoms with Gasteiger partial charge in [0, 0.05) is 14.7 Å². The van der Waals surface area contributed by atoms with Crippen molar-refractivity contribution in [3.63, 3.8) is 0 Å². The lowest BCUT2D eigenvalue weighted by Crippen LogP contribution is -2.25. The summed E-state index contributed by atoms with van der Waals surface area (Å²) in [5, 5.41) is 10.9. The minimum atomic E-state index is -0.661. The lowest BCUT2D eigenvalue weighted by Gasteiger charge is -2.25.